The first kappa shape index (κ1) is 24.9. The number of nitrogens with one attached hydrogen (secondary N) is 1. The Kier molecular flexibility index (Phi) is 6.83. The van der Waals surface area contributed by atoms with Crippen LogP contribution in [0.5, 0.6) is 0 Å². The third-order valence-corrected chi connectivity index (χ3v) is 9.06. The molecule has 2 aliphatic heterocycles. The normalized spacial score (nSPS) is 20.0. The van der Waals surface area contributed by atoms with E-state index in [-0.39, 0.29) is 29.7 Å². The predicted octanol–water partition coefficient (Wildman–Crippen LogP) is 5.21. The summed E-state index contributed by atoms with van der Waals surface area (Å²) in [5.41, 5.74) is 5.28. The van der Waals surface area contributed by atoms with Crippen LogP contribution in [0.15, 0.2) is 67.0 Å². The van der Waals surface area contributed by atoms with Gasteiger partial charge in [0.05, 0.1) is 12.5 Å². The number of hydrogen-bond donors (Lipinski definition) is 1. The highest BCUT2D eigenvalue weighted by Crippen LogP contribution is 2.42. The van der Waals surface area contributed by atoms with Gasteiger partial charge in [-0.15, -0.1) is 0 Å². The van der Waals surface area contributed by atoms with Gasteiger partial charge < -0.3 is 15.1 Å². The van der Waals surface area contributed by atoms with Crippen molar-refractivity contribution >= 4 is 29.1 Å². The van der Waals surface area contributed by atoms with Gasteiger partial charge in [-0.1, -0.05) is 35.9 Å². The molecule has 1 spiro atoms. The molecule has 1 aromatic heterocycles. The minimum atomic E-state index is -0.0739. The summed E-state index contributed by atoms with van der Waals surface area (Å²) in [6.07, 6.45) is 8.96. The van der Waals surface area contributed by atoms with E-state index in [1.54, 1.807) is 6.07 Å². The van der Waals surface area contributed by atoms with Gasteiger partial charge in [-0.25, -0.2) is 0 Å². The second-order valence-corrected chi connectivity index (χ2v) is 11.4. The molecule has 2 saturated heterocycles. The summed E-state index contributed by atoms with van der Waals surface area (Å²) in [6.45, 7) is 3.66. The summed E-state index contributed by atoms with van der Waals surface area (Å²) < 4.78 is 0. The molecule has 1 aliphatic carbocycles. The van der Waals surface area contributed by atoms with Gasteiger partial charge in [0.1, 0.15) is 0 Å². The van der Waals surface area contributed by atoms with Crippen LogP contribution < -0.4 is 10.2 Å². The summed E-state index contributed by atoms with van der Waals surface area (Å²) in [5.74, 6) is 0.0570. The summed E-state index contributed by atoms with van der Waals surface area (Å²) in [6, 6.07) is 17.6. The number of carbonyl (C=O) groups excluding carboxylic acids is 2. The molecule has 3 aromatic rings. The van der Waals surface area contributed by atoms with Gasteiger partial charge in [-0.3, -0.25) is 14.6 Å². The van der Waals surface area contributed by atoms with E-state index in [0.29, 0.717) is 5.02 Å². The van der Waals surface area contributed by atoms with E-state index in [2.05, 4.69) is 33.4 Å². The number of nitrogens with zero attached hydrogens (tertiary/aromatic N) is 3. The number of fused-ring (bicyclic) bond motifs is 1. The zero-order chi connectivity index (χ0) is 26.1. The Morgan fingerprint density at radius 1 is 1.00 bits per heavy atom. The number of piperidine rings is 1. The van der Waals surface area contributed by atoms with Crippen molar-refractivity contribution in [3.63, 3.8) is 0 Å². The molecular weight excluding hydrogens is 496 g/mol. The zero-order valence-corrected chi connectivity index (χ0v) is 22.3. The predicted molar refractivity (Wildman–Crippen MR) is 149 cm³/mol. The number of anilines is 1. The molecule has 0 radical (unpaired) electrons. The fourth-order valence-electron chi connectivity index (χ4n) is 6.44. The van der Waals surface area contributed by atoms with Gasteiger partial charge in [0.15, 0.2) is 0 Å². The van der Waals surface area contributed by atoms with Crippen LogP contribution >= 0.6 is 11.6 Å². The van der Waals surface area contributed by atoms with Crippen molar-refractivity contribution in [3.8, 4) is 0 Å². The maximum Gasteiger partial charge on any atom is 0.253 e. The van der Waals surface area contributed by atoms with Gasteiger partial charge in [-0.2, -0.15) is 0 Å². The van der Waals surface area contributed by atoms with Crippen molar-refractivity contribution in [2.45, 2.75) is 44.6 Å². The van der Waals surface area contributed by atoms with Crippen LogP contribution in [0.3, 0.4) is 0 Å². The lowest BCUT2D eigenvalue weighted by Crippen LogP contribution is -2.42. The Morgan fingerprint density at radius 3 is 2.55 bits per heavy atom. The average molecular weight is 529 g/mol. The molecule has 2 aromatic carbocycles. The number of aromatic nitrogens is 1. The van der Waals surface area contributed by atoms with E-state index in [1.807, 2.05) is 47.6 Å². The Bertz CT molecular complexity index is 1340. The maximum atomic E-state index is 13.6. The number of hydrogen-bond acceptors (Lipinski definition) is 4. The molecule has 6 nitrogen and oxygen atoms in total. The van der Waals surface area contributed by atoms with Crippen molar-refractivity contribution < 1.29 is 9.59 Å². The third-order valence-electron chi connectivity index (χ3n) is 8.69. The first-order chi connectivity index (χ1) is 18.5. The molecule has 1 N–H and O–H groups in total. The number of benzene rings is 2. The highest BCUT2D eigenvalue weighted by molar-refractivity contribution is 6.31. The molecule has 2 fully saturated rings. The molecule has 2 amide bonds. The Balaban J connectivity index is 1.09. The second-order valence-electron chi connectivity index (χ2n) is 11.0. The van der Waals surface area contributed by atoms with Crippen molar-refractivity contribution in [2.24, 2.45) is 5.41 Å². The number of carbonyl (C=O) groups is 2. The average Bonchev–Trinajstić information content (AvgIpc) is 3.54. The number of amides is 2. The molecule has 6 rings (SSSR count). The standard InChI is InChI=1S/C31H33ClN4O2/c32-27-4-2-1-3-23(27)20-29(37)34-28-8-7-22-5-6-24(19-26(22)28)30(38)36-18-13-31(21-36)11-16-35(17-12-31)25-9-14-33-15-10-25/h1-6,9-10,14-15,19,28H,7-8,11-13,16-18,20-21H2,(H,34,37)/t28-/m1/s1. The molecule has 7 heteroatoms. The van der Waals surface area contributed by atoms with E-state index >= 15 is 0 Å². The van der Waals surface area contributed by atoms with E-state index in [1.165, 1.54) is 11.3 Å². The molecular formula is C31H33ClN4O2. The third kappa shape index (κ3) is 5.02. The van der Waals surface area contributed by atoms with Crippen LogP contribution in [-0.4, -0.2) is 47.9 Å². The van der Waals surface area contributed by atoms with E-state index in [9.17, 15) is 9.59 Å². The van der Waals surface area contributed by atoms with Crippen molar-refractivity contribution in [1.29, 1.82) is 0 Å². The number of halogens is 1. The van der Waals surface area contributed by atoms with Crippen LogP contribution in [0.2, 0.25) is 5.02 Å². The van der Waals surface area contributed by atoms with Crippen LogP contribution in [0.25, 0.3) is 0 Å². The summed E-state index contributed by atoms with van der Waals surface area (Å²) in [7, 11) is 0. The van der Waals surface area contributed by atoms with Gasteiger partial charge >= 0.3 is 0 Å². The number of rotatable bonds is 5. The Hall–Kier alpha value is -3.38. The quantitative estimate of drug-likeness (QED) is 0.493. The molecule has 3 aliphatic rings. The topological polar surface area (TPSA) is 65.5 Å². The molecule has 0 saturated carbocycles. The molecule has 3 heterocycles. The Morgan fingerprint density at radius 2 is 1.76 bits per heavy atom. The highest BCUT2D eigenvalue weighted by Gasteiger charge is 2.42. The summed E-state index contributed by atoms with van der Waals surface area (Å²) >= 11 is 6.25. The van der Waals surface area contributed by atoms with E-state index < -0.39 is 0 Å². The lowest BCUT2D eigenvalue weighted by Gasteiger charge is -2.40. The van der Waals surface area contributed by atoms with Gasteiger partial charge in [0.2, 0.25) is 5.91 Å². The van der Waals surface area contributed by atoms with Crippen LogP contribution in [0.1, 0.15) is 58.8 Å². The van der Waals surface area contributed by atoms with Crippen molar-refractivity contribution in [2.75, 3.05) is 31.1 Å². The minimum Gasteiger partial charge on any atom is -0.371 e. The van der Waals surface area contributed by atoms with Crippen LogP contribution in [0.4, 0.5) is 5.69 Å². The minimum absolute atomic E-state index is 0.0488. The smallest absolute Gasteiger partial charge is 0.253 e. The first-order valence-electron chi connectivity index (χ1n) is 13.6. The first-order valence-corrected chi connectivity index (χ1v) is 14.0. The summed E-state index contributed by atoms with van der Waals surface area (Å²) in [4.78, 5) is 35.0. The van der Waals surface area contributed by atoms with E-state index in [0.717, 1.165) is 75.0 Å². The summed E-state index contributed by atoms with van der Waals surface area (Å²) in [5, 5.41) is 3.78. The zero-order valence-electron chi connectivity index (χ0n) is 21.5. The fraction of sp³-hybridized carbons (Fsp3) is 0.387. The van der Waals surface area contributed by atoms with Crippen LogP contribution in [-0.2, 0) is 17.6 Å². The second kappa shape index (κ2) is 10.4. The maximum absolute atomic E-state index is 13.6. The lowest BCUT2D eigenvalue weighted by molar-refractivity contribution is -0.121. The largest absolute Gasteiger partial charge is 0.371 e. The number of likely N-dealkylation sites (tertiary alicyclic amines) is 1. The van der Waals surface area contributed by atoms with Crippen molar-refractivity contribution in [1.82, 2.24) is 15.2 Å². The van der Waals surface area contributed by atoms with Crippen molar-refractivity contribution in [3.05, 3.63) is 94.3 Å². The Labute approximate surface area is 229 Å². The van der Waals surface area contributed by atoms with Gasteiger partial charge in [0.25, 0.3) is 5.91 Å². The molecule has 196 valence electrons. The van der Waals surface area contributed by atoms with Gasteiger partial charge in [-0.05, 0) is 84.5 Å². The fourth-order valence-corrected chi connectivity index (χ4v) is 6.64. The SMILES string of the molecule is O=C(Cc1ccccc1Cl)N[C@@H]1CCc2ccc(C(=O)N3CCC4(CCN(c5ccncc5)CC4)C3)cc21. The lowest BCUT2D eigenvalue weighted by atomic mass is 9.77. The molecule has 0 bridgehead atoms. The number of aryl methyl sites for hydroxylation is 1. The monoisotopic (exact) mass is 528 g/mol. The molecule has 1 atom stereocenters. The molecule has 0 unspecified atom stereocenters. The van der Waals surface area contributed by atoms with E-state index in [4.69, 9.17) is 11.6 Å². The highest BCUT2D eigenvalue weighted by atomic mass is 35.5. The molecule has 38 heavy (non-hydrogen) atoms. The van der Waals surface area contributed by atoms with Crippen LogP contribution in [0, 0.1) is 5.41 Å². The number of pyridine rings is 1. The van der Waals surface area contributed by atoms with Gasteiger partial charge in [0, 0.05) is 54.8 Å².